The summed E-state index contributed by atoms with van der Waals surface area (Å²) in [5.74, 6) is -4.38. The lowest BCUT2D eigenvalue weighted by Crippen LogP contribution is -2.55. The third-order valence-electron chi connectivity index (χ3n) is 7.34. The second-order valence-electron chi connectivity index (χ2n) is 10.4. The minimum absolute atomic E-state index is 0.00680. The van der Waals surface area contributed by atoms with Gasteiger partial charge in [0.05, 0.1) is 22.5 Å². The number of aromatic nitrogens is 1. The van der Waals surface area contributed by atoms with E-state index in [0.29, 0.717) is 31.2 Å². The number of halogens is 4. The molecule has 1 aromatic heterocycles. The zero-order chi connectivity index (χ0) is 30.2. The number of carbonyl (C=O) groups excluding carboxylic acids is 2. The fourth-order valence-corrected chi connectivity index (χ4v) is 4.96. The molecule has 2 amide bonds. The number of nitriles is 1. The molecule has 1 fully saturated rings. The maximum Gasteiger partial charge on any atom is 0.414 e. The van der Waals surface area contributed by atoms with Crippen molar-refractivity contribution in [2.75, 3.05) is 49.3 Å². The van der Waals surface area contributed by atoms with E-state index in [9.17, 15) is 28.0 Å². The smallest absolute Gasteiger partial charge is 0.367 e. The fourth-order valence-electron chi connectivity index (χ4n) is 4.96. The molecule has 1 saturated heterocycles. The lowest BCUT2D eigenvalue weighted by atomic mass is 9.95. The average Bonchev–Trinajstić information content (AvgIpc) is 2.91. The molecule has 3 atom stereocenters. The quantitative estimate of drug-likeness (QED) is 0.541. The van der Waals surface area contributed by atoms with Gasteiger partial charge in [-0.2, -0.15) is 18.4 Å². The summed E-state index contributed by atoms with van der Waals surface area (Å²) < 4.78 is 56.8. The first-order valence-electron chi connectivity index (χ1n) is 12.8. The summed E-state index contributed by atoms with van der Waals surface area (Å²) in [7, 11) is 5.37. The molecule has 0 radical (unpaired) electrons. The van der Waals surface area contributed by atoms with E-state index < -0.39 is 35.3 Å². The first kappa shape index (κ1) is 29.7. The number of pyridine rings is 1. The maximum absolute atomic E-state index is 15.7. The molecule has 3 heterocycles. The summed E-state index contributed by atoms with van der Waals surface area (Å²) in [6.45, 7) is 4.91. The second-order valence-corrected chi connectivity index (χ2v) is 10.4. The number of alkyl halides is 3. The largest absolute Gasteiger partial charge is 0.414 e. The van der Waals surface area contributed by atoms with Gasteiger partial charge in [-0.1, -0.05) is 0 Å². The van der Waals surface area contributed by atoms with Crippen molar-refractivity contribution in [2.45, 2.75) is 32.1 Å². The predicted molar refractivity (Wildman–Crippen MR) is 147 cm³/mol. The van der Waals surface area contributed by atoms with Crippen LogP contribution in [0.15, 0.2) is 41.0 Å². The van der Waals surface area contributed by atoms with Gasteiger partial charge in [-0.15, -0.1) is 0 Å². The van der Waals surface area contributed by atoms with E-state index in [0.717, 1.165) is 0 Å². The van der Waals surface area contributed by atoms with E-state index in [1.807, 2.05) is 31.9 Å². The molecule has 1 aromatic carbocycles. The van der Waals surface area contributed by atoms with E-state index >= 15 is 4.39 Å². The number of rotatable bonds is 5. The van der Waals surface area contributed by atoms with Crippen LogP contribution >= 0.6 is 0 Å². The normalized spacial score (nSPS) is 21.4. The fraction of sp³-hybridized carbons (Fsp3) is 0.393. The van der Waals surface area contributed by atoms with Crippen molar-refractivity contribution >= 4 is 35.2 Å². The van der Waals surface area contributed by atoms with Crippen molar-refractivity contribution in [2.24, 2.45) is 10.9 Å². The van der Waals surface area contributed by atoms with Gasteiger partial charge in [-0.05, 0) is 39.1 Å². The molecule has 216 valence electrons. The lowest BCUT2D eigenvalue weighted by Gasteiger charge is -2.44. The number of likely N-dealkylation sites (N-methyl/N-ethyl adjacent to an activating group) is 1. The molecule has 0 bridgehead atoms. The number of hydrogen-bond acceptors (Lipinski definition) is 7. The van der Waals surface area contributed by atoms with Crippen LogP contribution in [0.3, 0.4) is 0 Å². The number of hydrogen-bond donors (Lipinski definition) is 1. The molecule has 41 heavy (non-hydrogen) atoms. The number of benzene rings is 1. The van der Waals surface area contributed by atoms with Gasteiger partial charge in [0.25, 0.3) is 5.91 Å². The van der Waals surface area contributed by atoms with E-state index in [-0.39, 0.29) is 40.1 Å². The Hall–Kier alpha value is -4.31. The van der Waals surface area contributed by atoms with E-state index in [2.05, 4.69) is 20.2 Å². The van der Waals surface area contributed by atoms with Gasteiger partial charge in [-0.3, -0.25) is 14.5 Å². The lowest BCUT2D eigenvalue weighted by molar-refractivity contribution is -0.124. The third-order valence-corrected chi connectivity index (χ3v) is 7.34. The number of piperazine rings is 1. The van der Waals surface area contributed by atoms with Gasteiger partial charge in [0.15, 0.2) is 0 Å². The topological polar surface area (TPSA) is 105 Å². The van der Waals surface area contributed by atoms with Crippen LogP contribution in [-0.4, -0.2) is 80.4 Å². The molecule has 13 heteroatoms. The number of anilines is 3. The molecule has 9 nitrogen and oxygen atoms in total. The second kappa shape index (κ2) is 11.3. The highest BCUT2D eigenvalue weighted by Gasteiger charge is 2.43. The Labute approximate surface area is 234 Å². The molecule has 1 unspecified atom stereocenters. The zero-order valence-corrected chi connectivity index (χ0v) is 23.1. The Balaban J connectivity index is 1.81. The minimum atomic E-state index is -4.95. The number of nitrogens with zero attached hydrogens (tertiary/aromatic N) is 6. The Kier molecular flexibility index (Phi) is 8.17. The molecule has 4 rings (SSSR count). The highest BCUT2D eigenvalue weighted by atomic mass is 19.4. The first-order valence-corrected chi connectivity index (χ1v) is 12.8. The summed E-state index contributed by atoms with van der Waals surface area (Å²) in [5.41, 5.74) is -0.571. The van der Waals surface area contributed by atoms with Crippen LogP contribution in [0.5, 0.6) is 0 Å². The van der Waals surface area contributed by atoms with Crippen molar-refractivity contribution < 1.29 is 27.2 Å². The molecule has 1 N–H and O–H groups in total. The molecular weight excluding hydrogens is 542 g/mol. The van der Waals surface area contributed by atoms with Gasteiger partial charge >= 0.3 is 6.18 Å². The Morgan fingerprint density at radius 3 is 2.41 bits per heavy atom. The third kappa shape index (κ3) is 6.07. The molecule has 2 aliphatic rings. The van der Waals surface area contributed by atoms with Crippen molar-refractivity contribution in [1.82, 2.24) is 9.88 Å². The van der Waals surface area contributed by atoms with Gasteiger partial charge in [-0.25, -0.2) is 14.4 Å². The molecule has 0 aliphatic carbocycles. The van der Waals surface area contributed by atoms with Crippen LogP contribution < -0.4 is 15.1 Å². The number of carbonyl (C=O) groups is 2. The number of dihydropyridines is 1. The van der Waals surface area contributed by atoms with E-state index in [1.165, 1.54) is 24.4 Å². The Morgan fingerprint density at radius 2 is 1.83 bits per heavy atom. The van der Waals surface area contributed by atoms with Crippen molar-refractivity contribution in [3.63, 3.8) is 0 Å². The summed E-state index contributed by atoms with van der Waals surface area (Å²) in [4.78, 5) is 38.1. The minimum Gasteiger partial charge on any atom is -0.367 e. The highest BCUT2D eigenvalue weighted by molar-refractivity contribution is 6.11. The maximum atomic E-state index is 15.7. The molecular formula is C28H29F4N7O2. The van der Waals surface area contributed by atoms with Gasteiger partial charge < -0.3 is 15.1 Å². The highest BCUT2D eigenvalue weighted by Crippen LogP contribution is 2.38. The summed E-state index contributed by atoms with van der Waals surface area (Å²) in [6, 6.07) is 6.15. The standard InChI is InChI=1S/C28H29F4N7O2/c1-15-13-39(14-16(2)38(15)5)24-9-22(29)19(18-6-17(10-33)26(35-11-18)37(3)4)7-23(24)36-27(41)20-12-34-25(40)8-21(20)28(30,31)32/h6-9,11-12,15-16,20H,13-14H2,1-5H3,(H,36,41)/t15-,16+,20?. The Bertz CT molecular complexity index is 1470. The van der Waals surface area contributed by atoms with Gasteiger partial charge in [0.2, 0.25) is 5.91 Å². The molecule has 0 saturated carbocycles. The predicted octanol–water partition coefficient (Wildman–Crippen LogP) is 4.01. The van der Waals surface area contributed by atoms with Gasteiger partial charge in [0.1, 0.15) is 23.6 Å². The van der Waals surface area contributed by atoms with Crippen molar-refractivity contribution in [3.8, 4) is 17.2 Å². The van der Waals surface area contributed by atoms with Crippen LogP contribution in [-0.2, 0) is 9.59 Å². The molecule has 2 aliphatic heterocycles. The summed E-state index contributed by atoms with van der Waals surface area (Å²) in [6.07, 6.45) is -2.61. The molecule has 2 aromatic rings. The SMILES string of the molecule is C[C@@H]1CN(c2cc(F)c(-c3cnc(N(C)C)c(C#N)c3)cc2NC(=O)C2C=NC(=O)C=C2C(F)(F)F)C[C@H](C)N1C. The first-order chi connectivity index (χ1) is 19.2. The number of amides is 2. The zero-order valence-electron chi connectivity index (χ0n) is 23.1. The molecule has 0 spiro atoms. The monoisotopic (exact) mass is 571 g/mol. The van der Waals surface area contributed by atoms with Crippen LogP contribution in [0.2, 0.25) is 0 Å². The number of nitrogens with one attached hydrogen (secondary N) is 1. The van der Waals surface area contributed by atoms with Crippen LogP contribution in [0.25, 0.3) is 11.1 Å². The Morgan fingerprint density at radius 1 is 1.17 bits per heavy atom. The number of aliphatic imine (C=N–C) groups is 1. The van der Waals surface area contributed by atoms with Gasteiger partial charge in [0, 0.05) is 68.9 Å². The summed E-state index contributed by atoms with van der Waals surface area (Å²) >= 11 is 0. The van der Waals surface area contributed by atoms with Crippen molar-refractivity contribution in [1.29, 1.82) is 5.26 Å². The van der Waals surface area contributed by atoms with Crippen molar-refractivity contribution in [3.05, 3.63) is 47.4 Å². The average molecular weight is 572 g/mol. The summed E-state index contributed by atoms with van der Waals surface area (Å²) in [5, 5.41) is 12.1. The van der Waals surface area contributed by atoms with Crippen LogP contribution in [0.4, 0.5) is 34.8 Å². The van der Waals surface area contributed by atoms with Crippen LogP contribution in [0.1, 0.15) is 19.4 Å². The van der Waals surface area contributed by atoms with E-state index in [1.54, 1.807) is 19.0 Å². The van der Waals surface area contributed by atoms with E-state index in [4.69, 9.17) is 0 Å². The van der Waals surface area contributed by atoms with Crippen LogP contribution in [0, 0.1) is 23.1 Å².